The number of nitrogens with two attached hydrogens (primary N) is 1. The van der Waals surface area contributed by atoms with Crippen molar-refractivity contribution in [2.75, 3.05) is 0 Å². The smallest absolute Gasteiger partial charge is 0.406 e. The largest absolute Gasteiger partial charge is 0.427 e. The highest BCUT2D eigenvalue weighted by atomic mass is 35.5. The third-order valence-electron chi connectivity index (χ3n) is 0.927. The molecular weight excluding hydrogens is 130 g/mol. The van der Waals surface area contributed by atoms with Gasteiger partial charge in [-0.25, -0.2) is 4.79 Å². The maximum absolute atomic E-state index is 9.97. The number of ether oxygens (including phenoxy) is 1. The number of rotatable bonds is 1. The number of hydrogen-bond donors (Lipinski definition) is 1. The molecule has 4 heteroatoms. The Morgan fingerprint density at radius 1 is 1.75 bits per heavy atom. The molecule has 0 bridgehead atoms. The molecular formula is C4H6ClNO2. The first-order valence-electron chi connectivity index (χ1n) is 2.30. The highest BCUT2D eigenvalue weighted by Crippen LogP contribution is 2.43. The molecule has 1 fully saturated rings. The number of alkyl halides is 1. The number of primary amides is 1. The van der Waals surface area contributed by atoms with Gasteiger partial charge in [0.1, 0.15) is 0 Å². The van der Waals surface area contributed by atoms with E-state index in [0.717, 1.165) is 12.8 Å². The van der Waals surface area contributed by atoms with Crippen molar-refractivity contribution in [3.63, 3.8) is 0 Å². The number of amides is 1. The lowest BCUT2D eigenvalue weighted by molar-refractivity contribution is 0.133. The molecule has 0 unspecified atom stereocenters. The lowest BCUT2D eigenvalue weighted by Gasteiger charge is -2.02. The molecule has 0 aromatic rings. The van der Waals surface area contributed by atoms with Crippen molar-refractivity contribution in [2.45, 2.75) is 17.9 Å². The summed E-state index contributed by atoms with van der Waals surface area (Å²) in [4.78, 5) is 9.97. The van der Waals surface area contributed by atoms with Crippen LogP contribution in [0.2, 0.25) is 0 Å². The summed E-state index contributed by atoms with van der Waals surface area (Å²) in [6.45, 7) is 0. The number of carbonyl (C=O) groups is 1. The van der Waals surface area contributed by atoms with Crippen LogP contribution in [-0.4, -0.2) is 11.2 Å². The fraction of sp³-hybridized carbons (Fsp3) is 0.750. The monoisotopic (exact) mass is 135 g/mol. The van der Waals surface area contributed by atoms with Crippen LogP contribution in [0.3, 0.4) is 0 Å². The van der Waals surface area contributed by atoms with Crippen molar-refractivity contribution in [1.29, 1.82) is 0 Å². The lowest BCUT2D eigenvalue weighted by atomic mass is 10.8. The zero-order valence-corrected chi connectivity index (χ0v) is 4.94. The highest BCUT2D eigenvalue weighted by molar-refractivity contribution is 6.25. The minimum Gasteiger partial charge on any atom is -0.427 e. The average molecular weight is 136 g/mol. The van der Waals surface area contributed by atoms with Crippen molar-refractivity contribution in [3.05, 3.63) is 0 Å². The van der Waals surface area contributed by atoms with E-state index in [9.17, 15) is 4.79 Å². The second-order valence-corrected chi connectivity index (χ2v) is 2.49. The van der Waals surface area contributed by atoms with E-state index < -0.39 is 11.2 Å². The van der Waals surface area contributed by atoms with Gasteiger partial charge in [0.15, 0.2) is 5.06 Å². The van der Waals surface area contributed by atoms with Crippen LogP contribution in [0.25, 0.3) is 0 Å². The van der Waals surface area contributed by atoms with E-state index in [2.05, 4.69) is 10.5 Å². The zero-order valence-electron chi connectivity index (χ0n) is 4.19. The summed E-state index contributed by atoms with van der Waals surface area (Å²) in [5.41, 5.74) is 4.67. The second-order valence-electron chi connectivity index (χ2n) is 1.80. The Morgan fingerprint density at radius 3 is 2.38 bits per heavy atom. The van der Waals surface area contributed by atoms with Crippen LogP contribution in [0.15, 0.2) is 0 Å². The SMILES string of the molecule is NC(=O)OC1(Cl)CC1. The van der Waals surface area contributed by atoms with Crippen molar-refractivity contribution >= 4 is 17.7 Å². The normalized spacial score (nSPS) is 22.1. The van der Waals surface area contributed by atoms with Gasteiger partial charge in [-0.2, -0.15) is 0 Å². The Hall–Kier alpha value is -0.440. The van der Waals surface area contributed by atoms with E-state index in [1.807, 2.05) is 0 Å². The number of hydrogen-bond acceptors (Lipinski definition) is 2. The molecule has 46 valence electrons. The molecule has 1 rings (SSSR count). The van der Waals surface area contributed by atoms with Gasteiger partial charge in [-0.15, -0.1) is 0 Å². The first kappa shape index (κ1) is 5.69. The van der Waals surface area contributed by atoms with E-state index in [1.165, 1.54) is 0 Å². The van der Waals surface area contributed by atoms with Crippen LogP contribution in [0, 0.1) is 0 Å². The van der Waals surface area contributed by atoms with E-state index in [-0.39, 0.29) is 0 Å². The lowest BCUT2D eigenvalue weighted by Crippen LogP contribution is -2.19. The fourth-order valence-electron chi connectivity index (χ4n) is 0.381. The van der Waals surface area contributed by atoms with Gasteiger partial charge in [-0.3, -0.25) is 0 Å². The Bertz CT molecular complexity index is 121. The third-order valence-corrected chi connectivity index (χ3v) is 1.38. The van der Waals surface area contributed by atoms with Gasteiger partial charge in [-0.05, 0) is 0 Å². The molecule has 0 spiro atoms. The molecule has 0 saturated heterocycles. The molecule has 0 radical (unpaired) electrons. The quantitative estimate of drug-likeness (QED) is 0.541. The molecule has 1 aliphatic rings. The predicted molar refractivity (Wildman–Crippen MR) is 28.5 cm³/mol. The first-order chi connectivity index (χ1) is 3.62. The molecule has 8 heavy (non-hydrogen) atoms. The van der Waals surface area contributed by atoms with Crippen molar-refractivity contribution < 1.29 is 9.53 Å². The minimum absolute atomic E-state index is 0.720. The van der Waals surface area contributed by atoms with Gasteiger partial charge in [0.25, 0.3) is 0 Å². The molecule has 0 heterocycles. The van der Waals surface area contributed by atoms with Crippen LogP contribution >= 0.6 is 11.6 Å². The molecule has 0 aromatic heterocycles. The van der Waals surface area contributed by atoms with Gasteiger partial charge >= 0.3 is 6.09 Å². The van der Waals surface area contributed by atoms with Gasteiger partial charge in [-0.1, -0.05) is 11.6 Å². The number of halogens is 1. The molecule has 0 atom stereocenters. The zero-order chi connectivity index (χ0) is 6.20. The maximum Gasteiger partial charge on any atom is 0.406 e. The molecule has 1 amide bonds. The predicted octanol–water partition coefficient (Wildman–Crippen LogP) is 0.811. The van der Waals surface area contributed by atoms with Crippen LogP contribution in [0.5, 0.6) is 0 Å². The second kappa shape index (κ2) is 1.52. The molecule has 0 aromatic carbocycles. The van der Waals surface area contributed by atoms with E-state index >= 15 is 0 Å². The Morgan fingerprint density at radius 2 is 2.25 bits per heavy atom. The molecule has 0 aliphatic heterocycles. The Kier molecular flexibility index (Phi) is 1.08. The molecule has 1 saturated carbocycles. The van der Waals surface area contributed by atoms with Crippen molar-refractivity contribution in [1.82, 2.24) is 0 Å². The van der Waals surface area contributed by atoms with E-state index in [4.69, 9.17) is 11.6 Å². The van der Waals surface area contributed by atoms with Crippen LogP contribution in [0.1, 0.15) is 12.8 Å². The van der Waals surface area contributed by atoms with Crippen LogP contribution in [0.4, 0.5) is 4.79 Å². The molecule has 1 aliphatic carbocycles. The summed E-state index contributed by atoms with van der Waals surface area (Å²) in [5, 5.41) is -0.730. The fourth-order valence-corrected chi connectivity index (χ4v) is 0.551. The minimum atomic E-state index is -0.794. The summed E-state index contributed by atoms with van der Waals surface area (Å²) >= 11 is 5.52. The van der Waals surface area contributed by atoms with E-state index in [0.29, 0.717) is 0 Å². The van der Waals surface area contributed by atoms with Crippen LogP contribution in [-0.2, 0) is 4.74 Å². The maximum atomic E-state index is 9.97. The van der Waals surface area contributed by atoms with E-state index in [1.54, 1.807) is 0 Å². The topological polar surface area (TPSA) is 52.3 Å². The molecule has 3 nitrogen and oxygen atoms in total. The van der Waals surface area contributed by atoms with Gasteiger partial charge in [0.05, 0.1) is 0 Å². The van der Waals surface area contributed by atoms with Crippen molar-refractivity contribution in [2.24, 2.45) is 5.73 Å². The van der Waals surface area contributed by atoms with Gasteiger partial charge < -0.3 is 10.5 Å². The van der Waals surface area contributed by atoms with Crippen LogP contribution < -0.4 is 5.73 Å². The summed E-state index contributed by atoms with van der Waals surface area (Å²) in [6, 6.07) is 0. The first-order valence-corrected chi connectivity index (χ1v) is 2.68. The van der Waals surface area contributed by atoms with Gasteiger partial charge in [0, 0.05) is 12.8 Å². The number of carbonyl (C=O) groups excluding carboxylic acids is 1. The standard InChI is InChI=1S/C4H6ClNO2/c5-4(1-2-4)8-3(6)7/h1-2H2,(H2,6,7). The van der Waals surface area contributed by atoms with Gasteiger partial charge in [0.2, 0.25) is 0 Å². The summed E-state index contributed by atoms with van der Waals surface area (Å²) < 4.78 is 4.45. The Balaban J connectivity index is 2.29. The van der Waals surface area contributed by atoms with Crippen molar-refractivity contribution in [3.8, 4) is 0 Å². The average Bonchev–Trinajstić information content (AvgIpc) is 2.17. The molecule has 2 N–H and O–H groups in total. The highest BCUT2D eigenvalue weighted by Gasteiger charge is 2.44. The Labute approximate surface area is 51.7 Å². The third kappa shape index (κ3) is 1.26. The summed E-state index contributed by atoms with van der Waals surface area (Å²) in [6.07, 6.45) is 0.645. The summed E-state index contributed by atoms with van der Waals surface area (Å²) in [7, 11) is 0. The summed E-state index contributed by atoms with van der Waals surface area (Å²) in [5.74, 6) is 0.